The van der Waals surface area contributed by atoms with Crippen LogP contribution in [0.5, 0.6) is 0 Å². The second kappa shape index (κ2) is 10.4. The quantitative estimate of drug-likeness (QED) is 0.617. The molecular weight excluding hydrogens is 456 g/mol. The zero-order valence-electron chi connectivity index (χ0n) is 19.8. The van der Waals surface area contributed by atoms with Crippen LogP contribution < -0.4 is 16.7 Å². The Balaban J connectivity index is 1.58. The third-order valence-corrected chi connectivity index (χ3v) is 5.43. The molecule has 12 nitrogen and oxygen atoms in total. The van der Waals surface area contributed by atoms with Crippen LogP contribution in [-0.2, 0) is 20.7 Å². The Hall–Kier alpha value is -4.22. The molecule has 4 amide bonds. The summed E-state index contributed by atoms with van der Waals surface area (Å²) in [6.07, 6.45) is 0.781. The van der Waals surface area contributed by atoms with Gasteiger partial charge >= 0.3 is 17.8 Å². The fourth-order valence-corrected chi connectivity index (χ4v) is 3.71. The summed E-state index contributed by atoms with van der Waals surface area (Å²) < 4.78 is 6.21. The summed E-state index contributed by atoms with van der Waals surface area (Å²) in [5.41, 5.74) is 4.47. The Morgan fingerprint density at radius 3 is 2.17 bits per heavy atom. The highest BCUT2D eigenvalue weighted by Crippen LogP contribution is 2.16. The zero-order valence-corrected chi connectivity index (χ0v) is 19.8. The monoisotopic (exact) mass is 484 g/mol. The van der Waals surface area contributed by atoms with Crippen molar-refractivity contribution < 1.29 is 23.9 Å². The third kappa shape index (κ3) is 6.43. The molecule has 2 heterocycles. The normalized spacial score (nSPS) is 13.8. The van der Waals surface area contributed by atoms with Gasteiger partial charge in [0.05, 0.1) is 5.69 Å². The number of urea groups is 1. The van der Waals surface area contributed by atoms with E-state index in [-0.39, 0.29) is 37.8 Å². The predicted molar refractivity (Wildman–Crippen MR) is 126 cm³/mol. The van der Waals surface area contributed by atoms with Crippen LogP contribution in [0.15, 0.2) is 41.3 Å². The Kier molecular flexibility index (Phi) is 7.52. The molecule has 0 bridgehead atoms. The summed E-state index contributed by atoms with van der Waals surface area (Å²) in [4.78, 5) is 66.9. The first-order valence-electron chi connectivity index (χ1n) is 11.0. The number of ether oxygens (including phenoxy) is 1. The van der Waals surface area contributed by atoms with Crippen LogP contribution in [0.2, 0.25) is 0 Å². The van der Waals surface area contributed by atoms with Crippen LogP contribution in [0.1, 0.15) is 26.3 Å². The van der Waals surface area contributed by atoms with Gasteiger partial charge in [0.1, 0.15) is 11.6 Å². The maximum absolute atomic E-state index is 12.6. The summed E-state index contributed by atoms with van der Waals surface area (Å²) in [7, 11) is 0. The van der Waals surface area contributed by atoms with E-state index in [0.717, 1.165) is 5.56 Å². The Morgan fingerprint density at radius 1 is 1.03 bits per heavy atom. The number of primary amides is 1. The molecule has 1 aromatic carbocycles. The number of hydrogen-bond donors (Lipinski definition) is 2. The molecule has 2 aromatic rings. The van der Waals surface area contributed by atoms with Gasteiger partial charge in [-0.1, -0.05) is 12.1 Å². The standard InChI is InChI=1S/C23H28N6O6/c1-15(30)14-16-4-6-17(7-5-16)29-9-8-18(26-22(29)34)25-21(33)28-12-10-27(11-13-28)19(31)23(2,3)35-20(24)32/h4-9H,10-14H2,1-3H3,(H2,24,32)(H,25,26,33,34). The number of Topliss-reactive ketones (excluding diaryl/α,β-unsaturated/α-hetero) is 1. The smallest absolute Gasteiger partial charge is 0.405 e. The number of piperazine rings is 1. The molecule has 1 saturated heterocycles. The number of aromatic nitrogens is 2. The van der Waals surface area contributed by atoms with Gasteiger partial charge in [-0.25, -0.2) is 14.4 Å². The average Bonchev–Trinajstić information content (AvgIpc) is 2.78. The minimum absolute atomic E-state index is 0.0469. The van der Waals surface area contributed by atoms with Crippen molar-refractivity contribution in [2.75, 3.05) is 31.5 Å². The van der Waals surface area contributed by atoms with Gasteiger partial charge in [0, 0.05) is 38.8 Å². The van der Waals surface area contributed by atoms with E-state index in [4.69, 9.17) is 10.5 Å². The van der Waals surface area contributed by atoms with Crippen molar-refractivity contribution >= 4 is 29.6 Å². The molecule has 186 valence electrons. The van der Waals surface area contributed by atoms with Crippen LogP contribution in [0.25, 0.3) is 5.69 Å². The predicted octanol–water partition coefficient (Wildman–Crippen LogP) is 0.914. The third-order valence-electron chi connectivity index (χ3n) is 5.43. The highest BCUT2D eigenvalue weighted by molar-refractivity contribution is 5.89. The van der Waals surface area contributed by atoms with Crippen LogP contribution in [0, 0.1) is 0 Å². The van der Waals surface area contributed by atoms with Gasteiger partial charge in [-0.15, -0.1) is 0 Å². The molecule has 1 aliphatic rings. The molecule has 1 fully saturated rings. The van der Waals surface area contributed by atoms with Crippen LogP contribution in [0.3, 0.4) is 0 Å². The summed E-state index contributed by atoms with van der Waals surface area (Å²) >= 11 is 0. The molecule has 0 radical (unpaired) electrons. The first kappa shape index (κ1) is 25.4. The largest absolute Gasteiger partial charge is 0.434 e. The molecule has 1 aromatic heterocycles. The van der Waals surface area contributed by atoms with Crippen molar-refractivity contribution in [3.8, 4) is 5.69 Å². The Labute approximate surface area is 201 Å². The van der Waals surface area contributed by atoms with Crippen molar-refractivity contribution in [1.82, 2.24) is 19.4 Å². The number of rotatable bonds is 6. The van der Waals surface area contributed by atoms with Gasteiger partial charge in [-0.3, -0.25) is 19.5 Å². The highest BCUT2D eigenvalue weighted by atomic mass is 16.6. The van der Waals surface area contributed by atoms with Gasteiger partial charge in [0.25, 0.3) is 5.91 Å². The van der Waals surface area contributed by atoms with Gasteiger partial charge in [0.2, 0.25) is 0 Å². The van der Waals surface area contributed by atoms with E-state index in [1.54, 1.807) is 24.3 Å². The molecule has 0 saturated carbocycles. The van der Waals surface area contributed by atoms with Crippen molar-refractivity contribution in [3.05, 3.63) is 52.6 Å². The molecule has 3 N–H and O–H groups in total. The average molecular weight is 485 g/mol. The first-order chi connectivity index (χ1) is 16.5. The molecule has 1 aliphatic heterocycles. The van der Waals surface area contributed by atoms with Gasteiger partial charge < -0.3 is 20.3 Å². The van der Waals surface area contributed by atoms with Gasteiger partial charge in [-0.05, 0) is 44.5 Å². The molecule has 0 unspecified atom stereocenters. The highest BCUT2D eigenvalue weighted by Gasteiger charge is 2.37. The van der Waals surface area contributed by atoms with E-state index < -0.39 is 29.3 Å². The maximum Gasteiger partial charge on any atom is 0.405 e. The lowest BCUT2D eigenvalue weighted by Crippen LogP contribution is -2.56. The molecule has 0 aliphatic carbocycles. The van der Waals surface area contributed by atoms with Gasteiger partial charge in [-0.2, -0.15) is 4.98 Å². The zero-order chi connectivity index (χ0) is 25.8. The number of ketones is 1. The Morgan fingerprint density at radius 2 is 1.63 bits per heavy atom. The fourth-order valence-electron chi connectivity index (χ4n) is 3.71. The summed E-state index contributed by atoms with van der Waals surface area (Å²) in [6.45, 7) is 5.39. The number of carbonyl (C=O) groups is 4. The summed E-state index contributed by atoms with van der Waals surface area (Å²) in [5.74, 6) is -0.263. The maximum atomic E-state index is 12.6. The number of benzene rings is 1. The van der Waals surface area contributed by atoms with E-state index in [9.17, 15) is 24.0 Å². The van der Waals surface area contributed by atoms with E-state index in [0.29, 0.717) is 12.1 Å². The minimum atomic E-state index is -1.40. The van der Waals surface area contributed by atoms with Crippen molar-refractivity contribution in [1.29, 1.82) is 0 Å². The van der Waals surface area contributed by atoms with E-state index >= 15 is 0 Å². The second-order valence-electron chi connectivity index (χ2n) is 8.65. The number of carbonyl (C=O) groups excluding carboxylic acids is 4. The molecule has 0 spiro atoms. The van der Waals surface area contributed by atoms with Crippen LogP contribution >= 0.6 is 0 Å². The number of nitrogens with one attached hydrogen (secondary N) is 1. The lowest BCUT2D eigenvalue weighted by atomic mass is 10.1. The fraction of sp³-hybridized carbons (Fsp3) is 0.391. The van der Waals surface area contributed by atoms with Crippen LogP contribution in [-0.4, -0.2) is 74.9 Å². The van der Waals surface area contributed by atoms with Crippen molar-refractivity contribution in [3.63, 3.8) is 0 Å². The first-order valence-corrected chi connectivity index (χ1v) is 11.0. The molecule has 12 heteroatoms. The van der Waals surface area contributed by atoms with Gasteiger partial charge in [0.15, 0.2) is 5.60 Å². The summed E-state index contributed by atoms with van der Waals surface area (Å²) in [6, 6.07) is 8.02. The minimum Gasteiger partial charge on any atom is -0.434 e. The number of anilines is 1. The van der Waals surface area contributed by atoms with E-state index in [2.05, 4.69) is 10.3 Å². The van der Waals surface area contributed by atoms with Crippen molar-refractivity contribution in [2.24, 2.45) is 5.73 Å². The summed E-state index contributed by atoms with van der Waals surface area (Å²) in [5, 5.41) is 2.60. The second-order valence-corrected chi connectivity index (χ2v) is 8.65. The number of nitrogens with two attached hydrogens (primary N) is 1. The number of amides is 4. The molecule has 3 rings (SSSR count). The Bertz CT molecular complexity index is 1180. The van der Waals surface area contributed by atoms with Crippen molar-refractivity contribution in [2.45, 2.75) is 32.8 Å². The van der Waals surface area contributed by atoms with E-state index in [1.165, 1.54) is 47.4 Å². The molecule has 35 heavy (non-hydrogen) atoms. The number of nitrogens with zero attached hydrogens (tertiary/aromatic N) is 4. The SMILES string of the molecule is CC(=O)Cc1ccc(-n2ccc(NC(=O)N3CCN(C(=O)C(C)(C)OC(N)=O)CC3)nc2=O)cc1. The number of hydrogen-bond acceptors (Lipinski definition) is 7. The lowest BCUT2D eigenvalue weighted by molar-refractivity contribution is -0.149. The topological polar surface area (TPSA) is 157 Å². The van der Waals surface area contributed by atoms with Crippen LogP contribution in [0.4, 0.5) is 15.4 Å². The van der Waals surface area contributed by atoms with E-state index in [1.807, 2.05) is 0 Å². The molecular formula is C23H28N6O6. The molecule has 0 atom stereocenters. The lowest BCUT2D eigenvalue weighted by Gasteiger charge is -2.37.